The zero-order valence-electron chi connectivity index (χ0n) is 14.3. The number of fused-ring (bicyclic) bond motifs is 1. The second-order valence-corrected chi connectivity index (χ2v) is 5.72. The molecule has 0 saturated heterocycles. The van der Waals surface area contributed by atoms with Gasteiger partial charge in [-0.1, -0.05) is 30.3 Å². The van der Waals surface area contributed by atoms with Crippen LogP contribution in [0.1, 0.15) is 28.7 Å². The van der Waals surface area contributed by atoms with E-state index in [4.69, 9.17) is 4.74 Å². The van der Waals surface area contributed by atoms with Crippen LogP contribution < -0.4 is 0 Å². The highest BCUT2D eigenvalue weighted by atomic mass is 19.4. The summed E-state index contributed by atoms with van der Waals surface area (Å²) in [5.74, 6) is -2.37. The van der Waals surface area contributed by atoms with E-state index in [1.54, 1.807) is 37.3 Å². The molecule has 27 heavy (non-hydrogen) atoms. The van der Waals surface area contributed by atoms with Crippen LogP contribution in [-0.4, -0.2) is 27.9 Å². The van der Waals surface area contributed by atoms with Crippen molar-refractivity contribution in [3.05, 3.63) is 65.5 Å². The number of carbonyl (C=O) groups is 2. The summed E-state index contributed by atoms with van der Waals surface area (Å²) in [4.78, 5) is 27.9. The SMILES string of the molecule is CCOC(=O)Cn1c(C(F)(F)F)nc2ccc(C(=O)c3ccccc3)cc21. The number of hydrogen-bond donors (Lipinski definition) is 0. The number of imidazole rings is 1. The number of halogens is 3. The molecule has 2 aromatic carbocycles. The number of hydrogen-bond acceptors (Lipinski definition) is 4. The molecule has 0 N–H and O–H groups in total. The van der Waals surface area contributed by atoms with Gasteiger partial charge in [0.05, 0.1) is 17.6 Å². The van der Waals surface area contributed by atoms with E-state index in [9.17, 15) is 22.8 Å². The fourth-order valence-corrected chi connectivity index (χ4v) is 2.73. The lowest BCUT2D eigenvalue weighted by molar-refractivity contribution is -0.150. The third-order valence-corrected chi connectivity index (χ3v) is 3.89. The molecular formula is C19H15F3N2O3. The Bertz CT molecular complexity index is 995. The summed E-state index contributed by atoms with van der Waals surface area (Å²) in [5.41, 5.74) is 0.685. The van der Waals surface area contributed by atoms with E-state index in [1.165, 1.54) is 18.2 Å². The van der Waals surface area contributed by atoms with Gasteiger partial charge in [-0.25, -0.2) is 4.98 Å². The van der Waals surface area contributed by atoms with Crippen molar-refractivity contribution in [2.24, 2.45) is 0 Å². The molecule has 0 aliphatic rings. The summed E-state index contributed by atoms with van der Waals surface area (Å²) >= 11 is 0. The number of aromatic nitrogens is 2. The third-order valence-electron chi connectivity index (χ3n) is 3.89. The molecule has 3 aromatic rings. The van der Waals surface area contributed by atoms with Crippen molar-refractivity contribution in [2.75, 3.05) is 6.61 Å². The van der Waals surface area contributed by atoms with Crippen LogP contribution in [0.25, 0.3) is 11.0 Å². The highest BCUT2D eigenvalue weighted by molar-refractivity contribution is 6.10. The maximum absolute atomic E-state index is 13.3. The van der Waals surface area contributed by atoms with Crippen LogP contribution in [0.3, 0.4) is 0 Å². The number of nitrogens with zero attached hydrogens (tertiary/aromatic N) is 2. The van der Waals surface area contributed by atoms with E-state index in [2.05, 4.69) is 4.98 Å². The van der Waals surface area contributed by atoms with Gasteiger partial charge in [0.15, 0.2) is 5.78 Å². The first-order valence-electron chi connectivity index (χ1n) is 8.14. The molecule has 0 spiro atoms. The molecule has 0 fully saturated rings. The molecule has 1 heterocycles. The Morgan fingerprint density at radius 1 is 1.07 bits per heavy atom. The van der Waals surface area contributed by atoms with Crippen LogP contribution in [0.4, 0.5) is 13.2 Å². The van der Waals surface area contributed by atoms with Crippen LogP contribution in [0.2, 0.25) is 0 Å². The van der Waals surface area contributed by atoms with Gasteiger partial charge in [0, 0.05) is 11.1 Å². The van der Waals surface area contributed by atoms with Crippen molar-refractivity contribution in [3.63, 3.8) is 0 Å². The lowest BCUT2D eigenvalue weighted by Gasteiger charge is -2.11. The monoisotopic (exact) mass is 376 g/mol. The molecule has 1 aromatic heterocycles. The number of ketones is 1. The third kappa shape index (κ3) is 3.84. The van der Waals surface area contributed by atoms with Gasteiger partial charge in [-0.15, -0.1) is 0 Å². The maximum atomic E-state index is 13.3. The number of esters is 1. The van der Waals surface area contributed by atoms with Crippen LogP contribution in [-0.2, 0) is 22.3 Å². The molecule has 0 saturated carbocycles. The van der Waals surface area contributed by atoms with Gasteiger partial charge in [0.25, 0.3) is 0 Å². The van der Waals surface area contributed by atoms with Crippen molar-refractivity contribution in [1.29, 1.82) is 0 Å². The van der Waals surface area contributed by atoms with Gasteiger partial charge in [-0.2, -0.15) is 13.2 Å². The summed E-state index contributed by atoms with van der Waals surface area (Å²) in [6.07, 6.45) is -4.75. The first kappa shape index (κ1) is 18.6. The summed E-state index contributed by atoms with van der Waals surface area (Å²) < 4.78 is 45.5. The highest BCUT2D eigenvalue weighted by Gasteiger charge is 2.38. The molecule has 0 bridgehead atoms. The van der Waals surface area contributed by atoms with Crippen molar-refractivity contribution in [2.45, 2.75) is 19.6 Å². The van der Waals surface area contributed by atoms with E-state index in [-0.39, 0.29) is 29.0 Å². The fraction of sp³-hybridized carbons (Fsp3) is 0.211. The molecule has 0 unspecified atom stereocenters. The predicted octanol–water partition coefficient (Wildman–Crippen LogP) is 3.85. The number of ether oxygens (including phenoxy) is 1. The first-order valence-corrected chi connectivity index (χ1v) is 8.14. The largest absolute Gasteiger partial charge is 0.465 e. The van der Waals surface area contributed by atoms with Gasteiger partial charge in [0.1, 0.15) is 6.54 Å². The van der Waals surface area contributed by atoms with Gasteiger partial charge in [-0.05, 0) is 25.1 Å². The van der Waals surface area contributed by atoms with E-state index in [1.807, 2.05) is 0 Å². The quantitative estimate of drug-likeness (QED) is 0.501. The van der Waals surface area contributed by atoms with Gasteiger partial charge >= 0.3 is 12.1 Å². The number of benzene rings is 2. The normalized spacial score (nSPS) is 11.6. The topological polar surface area (TPSA) is 61.2 Å². The van der Waals surface area contributed by atoms with E-state index in [0.29, 0.717) is 5.56 Å². The molecule has 0 aliphatic carbocycles. The Balaban J connectivity index is 2.11. The molecule has 0 amide bonds. The number of alkyl halides is 3. The average molecular weight is 376 g/mol. The lowest BCUT2D eigenvalue weighted by atomic mass is 10.0. The zero-order chi connectivity index (χ0) is 19.6. The van der Waals surface area contributed by atoms with Crippen LogP contribution in [0.5, 0.6) is 0 Å². The predicted molar refractivity (Wildman–Crippen MR) is 91.2 cm³/mol. The van der Waals surface area contributed by atoms with Crippen LogP contribution in [0, 0.1) is 0 Å². The summed E-state index contributed by atoms with van der Waals surface area (Å²) in [6.45, 7) is 0.956. The van der Waals surface area contributed by atoms with E-state index < -0.39 is 24.5 Å². The first-order chi connectivity index (χ1) is 12.8. The van der Waals surface area contributed by atoms with Crippen molar-refractivity contribution >= 4 is 22.8 Å². The molecular weight excluding hydrogens is 361 g/mol. The maximum Gasteiger partial charge on any atom is 0.449 e. The van der Waals surface area contributed by atoms with Crippen molar-refractivity contribution in [3.8, 4) is 0 Å². The Hall–Kier alpha value is -3.16. The van der Waals surface area contributed by atoms with Gasteiger partial charge in [-0.3, -0.25) is 9.59 Å². The molecule has 5 nitrogen and oxygen atoms in total. The zero-order valence-corrected chi connectivity index (χ0v) is 14.3. The van der Waals surface area contributed by atoms with Crippen LogP contribution in [0.15, 0.2) is 48.5 Å². The Kier molecular flexibility index (Phi) is 4.98. The van der Waals surface area contributed by atoms with E-state index >= 15 is 0 Å². The molecule has 3 rings (SSSR count). The standard InChI is InChI=1S/C19H15F3N2O3/c1-2-27-16(25)11-24-15-10-13(17(26)12-6-4-3-5-7-12)8-9-14(15)23-18(24)19(20,21)22/h3-10H,2,11H2,1H3. The Morgan fingerprint density at radius 3 is 2.41 bits per heavy atom. The minimum absolute atomic E-state index is 0.0382. The molecule has 8 heteroatoms. The number of carbonyl (C=O) groups excluding carboxylic acids is 2. The molecule has 0 aliphatic heterocycles. The smallest absolute Gasteiger partial charge is 0.449 e. The molecule has 0 atom stereocenters. The van der Waals surface area contributed by atoms with Crippen molar-refractivity contribution < 1.29 is 27.5 Å². The average Bonchev–Trinajstić information content (AvgIpc) is 3.00. The summed E-state index contributed by atoms with van der Waals surface area (Å²) in [5, 5.41) is 0. The summed E-state index contributed by atoms with van der Waals surface area (Å²) in [6, 6.07) is 12.4. The number of rotatable bonds is 5. The lowest BCUT2D eigenvalue weighted by Crippen LogP contribution is -2.20. The van der Waals surface area contributed by atoms with Gasteiger partial charge in [0.2, 0.25) is 5.82 Å². The van der Waals surface area contributed by atoms with Gasteiger partial charge < -0.3 is 9.30 Å². The Labute approximate surface area is 152 Å². The minimum Gasteiger partial charge on any atom is -0.465 e. The Morgan fingerprint density at radius 2 is 1.78 bits per heavy atom. The van der Waals surface area contributed by atoms with E-state index in [0.717, 1.165) is 4.57 Å². The second-order valence-electron chi connectivity index (χ2n) is 5.72. The minimum atomic E-state index is -4.75. The fourth-order valence-electron chi connectivity index (χ4n) is 2.73. The molecule has 0 radical (unpaired) electrons. The van der Waals surface area contributed by atoms with Crippen molar-refractivity contribution in [1.82, 2.24) is 9.55 Å². The van der Waals surface area contributed by atoms with Crippen LogP contribution >= 0.6 is 0 Å². The highest BCUT2D eigenvalue weighted by Crippen LogP contribution is 2.32. The molecule has 140 valence electrons. The summed E-state index contributed by atoms with van der Waals surface area (Å²) in [7, 11) is 0. The second kappa shape index (κ2) is 7.22.